The number of hydrogen-bond donors (Lipinski definition) is 0. The lowest BCUT2D eigenvalue weighted by Crippen LogP contribution is -2.10. The molecular weight excluding hydrogens is 707 g/mol. The molecule has 0 aliphatic heterocycles. The minimum absolute atomic E-state index is 0.903. The second-order valence-electron chi connectivity index (χ2n) is 15.0. The molecule has 0 atom stereocenters. The predicted molar refractivity (Wildman–Crippen MR) is 243 cm³/mol. The van der Waals surface area contributed by atoms with E-state index in [0.29, 0.717) is 0 Å². The summed E-state index contributed by atoms with van der Waals surface area (Å²) in [5, 5.41) is 7.13. The number of nitrogens with zero attached hydrogens (tertiary/aromatic N) is 3. The van der Waals surface area contributed by atoms with Crippen LogP contribution in [-0.2, 0) is 0 Å². The van der Waals surface area contributed by atoms with Crippen LogP contribution in [0.25, 0.3) is 88.1 Å². The Morgan fingerprint density at radius 2 is 0.741 bits per heavy atom. The summed E-state index contributed by atoms with van der Waals surface area (Å²) >= 11 is 0. The van der Waals surface area contributed by atoms with E-state index < -0.39 is 0 Å². The molecule has 12 aromatic rings. The highest BCUT2D eigenvalue weighted by molar-refractivity contribution is 6.13. The molecule has 0 amide bonds. The van der Waals surface area contributed by atoms with E-state index in [1.54, 1.807) is 0 Å². The van der Waals surface area contributed by atoms with E-state index in [2.05, 4.69) is 214 Å². The summed E-state index contributed by atoms with van der Waals surface area (Å²) in [4.78, 5) is 2.40. The first kappa shape index (κ1) is 32.4. The van der Waals surface area contributed by atoms with Crippen molar-refractivity contribution in [1.29, 1.82) is 0 Å². The number of fused-ring (bicyclic) bond motifs is 9. The van der Waals surface area contributed by atoms with Crippen molar-refractivity contribution >= 4 is 82.6 Å². The quantitative estimate of drug-likeness (QED) is 0.170. The maximum Gasteiger partial charge on any atom is 0.135 e. The molecule has 3 heterocycles. The molecule has 0 aliphatic rings. The Morgan fingerprint density at radius 1 is 0.293 bits per heavy atom. The third-order valence-electron chi connectivity index (χ3n) is 11.7. The SMILES string of the molecule is c1ccc(-n2c3ccccc3c3cc(N(c4ccc(-c5ccc6oc7ccccc7c6c5)cc4)c4ccc5c(c4)c4ccccc4n5-c4ccccc4)ccc32)cc1. The van der Waals surface area contributed by atoms with Crippen molar-refractivity contribution in [3.05, 3.63) is 212 Å². The molecule has 9 aromatic carbocycles. The Kier molecular flexibility index (Phi) is 7.20. The third kappa shape index (κ3) is 5.02. The van der Waals surface area contributed by atoms with Gasteiger partial charge in [0, 0.05) is 60.8 Å². The highest BCUT2D eigenvalue weighted by Crippen LogP contribution is 2.43. The van der Waals surface area contributed by atoms with Crippen LogP contribution in [0.2, 0.25) is 0 Å². The summed E-state index contributed by atoms with van der Waals surface area (Å²) in [5.41, 5.74) is 14.4. The molecule has 0 aliphatic carbocycles. The van der Waals surface area contributed by atoms with Crippen molar-refractivity contribution < 1.29 is 4.42 Å². The normalized spacial score (nSPS) is 11.8. The Balaban J connectivity index is 1.05. The van der Waals surface area contributed by atoms with Gasteiger partial charge in [-0.05, 0) is 114 Å². The van der Waals surface area contributed by atoms with Crippen molar-refractivity contribution in [2.45, 2.75) is 0 Å². The van der Waals surface area contributed by atoms with Crippen LogP contribution in [0.15, 0.2) is 217 Å². The average Bonchev–Trinajstić information content (AvgIpc) is 3.94. The number of benzene rings is 9. The zero-order valence-corrected chi connectivity index (χ0v) is 31.5. The molecular formula is C54H35N3O. The molecule has 0 saturated heterocycles. The Bertz CT molecular complexity index is 3340. The van der Waals surface area contributed by atoms with Gasteiger partial charge in [-0.3, -0.25) is 0 Å². The van der Waals surface area contributed by atoms with Crippen LogP contribution in [0, 0.1) is 0 Å². The van der Waals surface area contributed by atoms with Gasteiger partial charge in [-0.15, -0.1) is 0 Å². The second kappa shape index (κ2) is 12.9. The van der Waals surface area contributed by atoms with E-state index in [0.717, 1.165) is 61.5 Å². The van der Waals surface area contributed by atoms with Crippen LogP contribution in [0.5, 0.6) is 0 Å². The van der Waals surface area contributed by atoms with Gasteiger partial charge < -0.3 is 18.5 Å². The summed E-state index contributed by atoms with van der Waals surface area (Å²) in [5.74, 6) is 0. The fraction of sp³-hybridized carbons (Fsp3) is 0. The predicted octanol–water partition coefficient (Wildman–Crippen LogP) is 14.9. The molecule has 12 rings (SSSR count). The molecule has 4 heteroatoms. The van der Waals surface area contributed by atoms with Gasteiger partial charge in [0.05, 0.1) is 22.1 Å². The molecule has 272 valence electrons. The summed E-state index contributed by atoms with van der Waals surface area (Å²) in [6, 6.07) is 76.3. The molecule has 0 fully saturated rings. The second-order valence-corrected chi connectivity index (χ2v) is 15.0. The summed E-state index contributed by atoms with van der Waals surface area (Å²) < 4.78 is 10.9. The lowest BCUT2D eigenvalue weighted by molar-refractivity contribution is 0.669. The van der Waals surface area contributed by atoms with Crippen LogP contribution in [0.4, 0.5) is 17.1 Å². The number of aromatic nitrogens is 2. The summed E-state index contributed by atoms with van der Waals surface area (Å²) in [6.07, 6.45) is 0. The van der Waals surface area contributed by atoms with Crippen LogP contribution in [0.1, 0.15) is 0 Å². The fourth-order valence-electron chi connectivity index (χ4n) is 9.07. The molecule has 4 nitrogen and oxygen atoms in total. The van der Waals surface area contributed by atoms with E-state index >= 15 is 0 Å². The van der Waals surface area contributed by atoms with E-state index in [1.807, 2.05) is 12.1 Å². The van der Waals surface area contributed by atoms with Crippen LogP contribution in [-0.4, -0.2) is 9.13 Å². The molecule has 0 saturated carbocycles. The third-order valence-corrected chi connectivity index (χ3v) is 11.7. The Hall–Kier alpha value is -7.82. The first-order valence-corrected chi connectivity index (χ1v) is 19.8. The number of para-hydroxylation sites is 5. The number of furan rings is 1. The van der Waals surface area contributed by atoms with Gasteiger partial charge in [-0.25, -0.2) is 0 Å². The highest BCUT2D eigenvalue weighted by Gasteiger charge is 2.20. The molecule has 58 heavy (non-hydrogen) atoms. The first-order valence-electron chi connectivity index (χ1n) is 19.8. The van der Waals surface area contributed by atoms with Gasteiger partial charge in [0.2, 0.25) is 0 Å². The number of hydrogen-bond acceptors (Lipinski definition) is 2. The van der Waals surface area contributed by atoms with Gasteiger partial charge in [-0.1, -0.05) is 109 Å². The Morgan fingerprint density at radius 3 is 1.33 bits per heavy atom. The van der Waals surface area contributed by atoms with Crippen molar-refractivity contribution in [1.82, 2.24) is 9.13 Å². The molecule has 0 spiro atoms. The zero-order chi connectivity index (χ0) is 38.2. The average molecular weight is 742 g/mol. The van der Waals surface area contributed by atoms with Gasteiger partial charge in [0.1, 0.15) is 11.2 Å². The van der Waals surface area contributed by atoms with Gasteiger partial charge in [0.15, 0.2) is 0 Å². The highest BCUT2D eigenvalue weighted by atomic mass is 16.3. The summed E-state index contributed by atoms with van der Waals surface area (Å²) in [6.45, 7) is 0. The van der Waals surface area contributed by atoms with Crippen molar-refractivity contribution in [2.24, 2.45) is 0 Å². The smallest absolute Gasteiger partial charge is 0.135 e. The molecule has 3 aromatic heterocycles. The number of anilines is 3. The van der Waals surface area contributed by atoms with Crippen LogP contribution in [0.3, 0.4) is 0 Å². The maximum atomic E-state index is 6.15. The zero-order valence-electron chi connectivity index (χ0n) is 31.5. The van der Waals surface area contributed by atoms with Crippen molar-refractivity contribution in [2.75, 3.05) is 4.90 Å². The lowest BCUT2D eigenvalue weighted by Gasteiger charge is -2.26. The standard InChI is InChI=1S/C54H35N3O/c1-3-13-38(14-4-1)56-49-20-10-7-17-43(49)46-34-41(28-30-51(46)56)55(40-26-23-36(24-27-40)37-25-32-54-48(33-37)45-19-9-12-22-53(45)58-54)42-29-31-52-47(35-42)44-18-8-11-21-50(44)57(52)39-15-5-2-6-16-39/h1-35H. The lowest BCUT2D eigenvalue weighted by atomic mass is 10.0. The molecule has 0 radical (unpaired) electrons. The minimum atomic E-state index is 0.903. The van der Waals surface area contributed by atoms with Gasteiger partial charge in [-0.2, -0.15) is 0 Å². The molecule has 0 N–H and O–H groups in total. The fourth-order valence-corrected chi connectivity index (χ4v) is 9.07. The van der Waals surface area contributed by atoms with E-state index in [4.69, 9.17) is 4.42 Å². The van der Waals surface area contributed by atoms with E-state index in [9.17, 15) is 0 Å². The maximum absolute atomic E-state index is 6.15. The van der Waals surface area contributed by atoms with Gasteiger partial charge >= 0.3 is 0 Å². The van der Waals surface area contributed by atoms with E-state index in [-0.39, 0.29) is 0 Å². The van der Waals surface area contributed by atoms with Crippen molar-refractivity contribution in [3.8, 4) is 22.5 Å². The largest absolute Gasteiger partial charge is 0.456 e. The van der Waals surface area contributed by atoms with Crippen molar-refractivity contribution in [3.63, 3.8) is 0 Å². The van der Waals surface area contributed by atoms with Crippen LogP contribution < -0.4 is 4.90 Å². The first-order chi connectivity index (χ1) is 28.8. The Labute approximate surface area is 334 Å². The molecule has 0 unspecified atom stereocenters. The number of rotatable bonds is 6. The van der Waals surface area contributed by atoms with Crippen LogP contribution >= 0.6 is 0 Å². The van der Waals surface area contributed by atoms with Gasteiger partial charge in [0.25, 0.3) is 0 Å². The van der Waals surface area contributed by atoms with E-state index in [1.165, 1.54) is 43.6 Å². The summed E-state index contributed by atoms with van der Waals surface area (Å²) in [7, 11) is 0. The monoisotopic (exact) mass is 741 g/mol. The minimum Gasteiger partial charge on any atom is -0.456 e. The molecule has 0 bridgehead atoms. The topological polar surface area (TPSA) is 26.2 Å².